The zero-order valence-electron chi connectivity index (χ0n) is 28.8. The first-order chi connectivity index (χ1) is 25.1. The maximum Gasteiger partial charge on any atom is 0.137 e. The topological polar surface area (TPSA) is 21.1 Å². The van der Waals surface area contributed by atoms with Crippen LogP contribution in [0.15, 0.2) is 164 Å². The highest BCUT2D eigenvalue weighted by Crippen LogP contribution is 2.50. The minimum Gasteiger partial charge on any atom is -0.310 e. The second kappa shape index (κ2) is 11.4. The number of hydrogen-bond donors (Lipinski definition) is 0. The van der Waals surface area contributed by atoms with E-state index < -0.39 is 0 Å². The van der Waals surface area contributed by atoms with E-state index in [2.05, 4.69) is 181 Å². The monoisotopic (exact) mass is 655 g/mol. The Bertz CT molecular complexity index is 2710. The van der Waals surface area contributed by atoms with Crippen LogP contribution in [0, 0.1) is 0 Å². The molecule has 0 N–H and O–H groups in total. The predicted octanol–water partition coefficient (Wildman–Crippen LogP) is 13.0. The highest BCUT2D eigenvalue weighted by Gasteiger charge is 2.35. The molecular weight excluding hydrogens is 619 g/mol. The molecule has 2 aliphatic rings. The molecule has 0 saturated heterocycles. The van der Waals surface area contributed by atoms with Gasteiger partial charge in [0.05, 0.1) is 11.0 Å². The van der Waals surface area contributed by atoms with Gasteiger partial charge in [0.15, 0.2) is 0 Å². The van der Waals surface area contributed by atoms with Gasteiger partial charge in [-0.1, -0.05) is 111 Å². The fourth-order valence-electron chi connectivity index (χ4n) is 8.52. The molecule has 0 unspecified atom stereocenters. The van der Waals surface area contributed by atoms with Gasteiger partial charge in [-0.2, -0.15) is 0 Å². The van der Waals surface area contributed by atoms with E-state index in [-0.39, 0.29) is 5.41 Å². The molecule has 6 aromatic carbocycles. The SMILES string of the molecule is CC1(C)c2ccccc2-c2ccc(N(c3ccccc3)c3ccc(-c4ccc5c(c4)c4c6ccccc6ccc4n5C4=CCCC=C4)cn3)cc21. The summed E-state index contributed by atoms with van der Waals surface area (Å²) in [4.78, 5) is 7.43. The number of pyridine rings is 1. The van der Waals surface area contributed by atoms with Crippen molar-refractivity contribution in [2.75, 3.05) is 4.90 Å². The number of benzene rings is 6. The fourth-order valence-corrected chi connectivity index (χ4v) is 8.52. The molecule has 0 amide bonds. The lowest BCUT2D eigenvalue weighted by molar-refractivity contribution is 0.660. The van der Waals surface area contributed by atoms with E-state index in [0.717, 1.165) is 41.2 Å². The summed E-state index contributed by atoms with van der Waals surface area (Å²) in [6, 6.07) is 50.8. The van der Waals surface area contributed by atoms with Gasteiger partial charge >= 0.3 is 0 Å². The van der Waals surface area contributed by atoms with Gasteiger partial charge in [0, 0.05) is 45.0 Å². The van der Waals surface area contributed by atoms with Crippen molar-refractivity contribution < 1.29 is 0 Å². The molecule has 3 heteroatoms. The van der Waals surface area contributed by atoms with E-state index >= 15 is 0 Å². The maximum atomic E-state index is 5.15. The number of allylic oxidation sites excluding steroid dienone is 4. The van der Waals surface area contributed by atoms with E-state index in [1.54, 1.807) is 0 Å². The van der Waals surface area contributed by atoms with Crippen LogP contribution >= 0.6 is 0 Å². The van der Waals surface area contributed by atoms with Gasteiger partial charge in [-0.3, -0.25) is 4.90 Å². The van der Waals surface area contributed by atoms with Crippen LogP contribution < -0.4 is 4.90 Å². The molecule has 0 atom stereocenters. The van der Waals surface area contributed by atoms with E-state index in [9.17, 15) is 0 Å². The van der Waals surface area contributed by atoms with Gasteiger partial charge < -0.3 is 4.57 Å². The van der Waals surface area contributed by atoms with Crippen LogP contribution in [0.25, 0.3) is 60.5 Å². The average molecular weight is 656 g/mol. The molecule has 0 spiro atoms. The van der Waals surface area contributed by atoms with Crippen molar-refractivity contribution in [3.63, 3.8) is 0 Å². The van der Waals surface area contributed by atoms with Crippen LogP contribution in [0.2, 0.25) is 0 Å². The highest BCUT2D eigenvalue weighted by atomic mass is 15.2. The molecule has 51 heavy (non-hydrogen) atoms. The van der Waals surface area contributed by atoms with Crippen molar-refractivity contribution in [2.45, 2.75) is 32.1 Å². The molecular formula is C48H37N3. The van der Waals surface area contributed by atoms with Crippen molar-refractivity contribution in [1.82, 2.24) is 9.55 Å². The van der Waals surface area contributed by atoms with Crippen LogP contribution in [0.4, 0.5) is 17.2 Å². The third-order valence-electron chi connectivity index (χ3n) is 11.0. The second-order valence-electron chi connectivity index (χ2n) is 14.3. The van der Waals surface area contributed by atoms with Crippen LogP contribution in [-0.4, -0.2) is 9.55 Å². The Morgan fingerprint density at radius 3 is 2.24 bits per heavy atom. The van der Waals surface area contributed by atoms with Crippen molar-refractivity contribution in [3.8, 4) is 22.3 Å². The fraction of sp³-hybridized carbons (Fsp3) is 0.104. The molecule has 10 rings (SSSR count). The van der Waals surface area contributed by atoms with Gasteiger partial charge in [0.1, 0.15) is 5.82 Å². The summed E-state index contributed by atoms with van der Waals surface area (Å²) in [6.07, 6.45) is 11.1. The van der Waals surface area contributed by atoms with Crippen LogP contribution in [-0.2, 0) is 5.41 Å². The summed E-state index contributed by atoms with van der Waals surface area (Å²) in [6.45, 7) is 4.67. The molecule has 0 bridgehead atoms. The summed E-state index contributed by atoms with van der Waals surface area (Å²) in [5.41, 5.74) is 13.4. The lowest BCUT2D eigenvalue weighted by Crippen LogP contribution is -2.17. The van der Waals surface area contributed by atoms with E-state index in [0.29, 0.717) is 0 Å². The van der Waals surface area contributed by atoms with Crippen molar-refractivity contribution in [2.24, 2.45) is 0 Å². The Kier molecular flexibility index (Phi) is 6.66. The first kappa shape index (κ1) is 29.7. The molecule has 0 radical (unpaired) electrons. The van der Waals surface area contributed by atoms with Crippen LogP contribution in [0.5, 0.6) is 0 Å². The minimum absolute atomic E-state index is 0.0848. The molecule has 3 nitrogen and oxygen atoms in total. The van der Waals surface area contributed by atoms with Crippen molar-refractivity contribution in [1.29, 1.82) is 0 Å². The smallest absolute Gasteiger partial charge is 0.137 e. The van der Waals surface area contributed by atoms with Crippen molar-refractivity contribution >= 4 is 55.5 Å². The number of anilines is 3. The van der Waals surface area contributed by atoms with E-state index in [4.69, 9.17) is 4.98 Å². The number of nitrogens with zero attached hydrogens (tertiary/aromatic N) is 3. The van der Waals surface area contributed by atoms with E-state index in [1.807, 2.05) is 6.20 Å². The highest BCUT2D eigenvalue weighted by molar-refractivity contribution is 6.22. The van der Waals surface area contributed by atoms with Crippen LogP contribution in [0.3, 0.4) is 0 Å². The Labute approximate surface area is 298 Å². The lowest BCUT2D eigenvalue weighted by Gasteiger charge is -2.27. The summed E-state index contributed by atoms with van der Waals surface area (Å²) in [5, 5.41) is 5.10. The van der Waals surface area contributed by atoms with Gasteiger partial charge in [-0.25, -0.2) is 4.98 Å². The molecule has 0 fully saturated rings. The molecule has 8 aromatic rings. The molecule has 0 aliphatic heterocycles. The Morgan fingerprint density at radius 2 is 1.39 bits per heavy atom. The van der Waals surface area contributed by atoms with Gasteiger partial charge in [0.2, 0.25) is 0 Å². The Balaban J connectivity index is 1.09. The first-order valence-corrected chi connectivity index (χ1v) is 18.0. The average Bonchev–Trinajstić information content (AvgIpc) is 3.64. The van der Waals surface area contributed by atoms with E-state index in [1.165, 1.54) is 60.5 Å². The minimum atomic E-state index is -0.0848. The van der Waals surface area contributed by atoms with Gasteiger partial charge in [0.25, 0.3) is 0 Å². The Morgan fingerprint density at radius 1 is 0.608 bits per heavy atom. The number of para-hydroxylation sites is 1. The number of hydrogen-bond acceptors (Lipinski definition) is 2. The third-order valence-corrected chi connectivity index (χ3v) is 11.0. The normalized spacial score (nSPS) is 14.5. The summed E-state index contributed by atoms with van der Waals surface area (Å²) in [7, 11) is 0. The standard InChI is InChI=1S/C48H37N3/c1-48(2)42-20-12-11-19-39(42)40-25-24-37(30-43(40)48)50(35-14-5-3-6-15-35)46-28-23-34(31-49-46)33-22-26-44-41(29-33)47-38-18-10-9-13-32(38)21-27-45(47)51(44)36-16-7-4-8-17-36/h3,5-7,9-31H,4,8H2,1-2H3. The maximum absolute atomic E-state index is 5.15. The summed E-state index contributed by atoms with van der Waals surface area (Å²) in [5.74, 6) is 0.887. The molecule has 0 saturated carbocycles. The largest absolute Gasteiger partial charge is 0.310 e. The zero-order valence-corrected chi connectivity index (χ0v) is 28.8. The first-order valence-electron chi connectivity index (χ1n) is 18.0. The molecule has 244 valence electrons. The third kappa shape index (κ3) is 4.62. The van der Waals surface area contributed by atoms with Crippen molar-refractivity contribution in [3.05, 3.63) is 175 Å². The predicted molar refractivity (Wildman–Crippen MR) is 215 cm³/mol. The summed E-state index contributed by atoms with van der Waals surface area (Å²) >= 11 is 0. The Hall–Kier alpha value is -6.19. The number of aromatic nitrogens is 2. The van der Waals surface area contributed by atoms with Gasteiger partial charge in [-0.15, -0.1) is 0 Å². The molecule has 2 aliphatic carbocycles. The number of rotatable bonds is 5. The molecule has 2 heterocycles. The van der Waals surface area contributed by atoms with Gasteiger partial charge in [-0.05, 0) is 112 Å². The second-order valence-corrected chi connectivity index (χ2v) is 14.3. The quantitative estimate of drug-likeness (QED) is 0.184. The summed E-state index contributed by atoms with van der Waals surface area (Å²) < 4.78 is 2.44. The zero-order chi connectivity index (χ0) is 34.1. The van der Waals surface area contributed by atoms with Crippen LogP contribution in [0.1, 0.15) is 37.8 Å². The molecule has 2 aromatic heterocycles. The number of fused-ring (bicyclic) bond motifs is 8. The lowest BCUT2D eigenvalue weighted by atomic mass is 9.82.